The molecule has 0 bridgehead atoms. The molecule has 0 aromatic carbocycles. The van der Waals surface area contributed by atoms with Gasteiger partial charge in [0, 0.05) is 6.04 Å². The Hall–Kier alpha value is -0.900. The van der Waals surface area contributed by atoms with Gasteiger partial charge in [0.25, 0.3) is 0 Å². The molecule has 1 saturated carbocycles. The smallest absolute Gasteiger partial charge is 0.231 e. The molecule has 12 heavy (non-hydrogen) atoms. The summed E-state index contributed by atoms with van der Waals surface area (Å²) >= 11 is 0. The van der Waals surface area contributed by atoms with E-state index in [0.717, 1.165) is 18.7 Å². The van der Waals surface area contributed by atoms with Gasteiger partial charge in [-0.3, -0.25) is 0 Å². The lowest BCUT2D eigenvalue weighted by Gasteiger charge is -2.08. The topological polar surface area (TPSA) is 64.9 Å². The van der Waals surface area contributed by atoms with Crippen LogP contribution in [0.4, 0.5) is 0 Å². The predicted octanol–water partition coefficient (Wildman–Crippen LogP) is 0.973. The zero-order valence-corrected chi connectivity index (χ0v) is 7.16. The molecule has 1 heterocycles. The molecule has 1 aromatic heterocycles. The van der Waals surface area contributed by atoms with Crippen molar-refractivity contribution in [2.24, 2.45) is 5.73 Å². The van der Waals surface area contributed by atoms with Gasteiger partial charge in [0.05, 0.1) is 5.92 Å². The van der Waals surface area contributed by atoms with Crippen LogP contribution in [0.2, 0.25) is 0 Å². The van der Waals surface area contributed by atoms with Gasteiger partial charge in [0.2, 0.25) is 5.89 Å². The van der Waals surface area contributed by atoms with Gasteiger partial charge in [-0.05, 0) is 19.8 Å². The minimum atomic E-state index is 0.213. The fraction of sp³-hybridized carbons (Fsp3) is 0.750. The van der Waals surface area contributed by atoms with E-state index in [-0.39, 0.29) is 6.04 Å². The van der Waals surface area contributed by atoms with Crippen molar-refractivity contribution in [2.75, 3.05) is 0 Å². The third kappa shape index (κ3) is 1.22. The Kier molecular flexibility index (Phi) is 1.84. The number of aryl methyl sites for hydroxylation is 1. The average molecular weight is 167 g/mol. The first-order valence-electron chi connectivity index (χ1n) is 4.33. The number of hydrogen-bond donors (Lipinski definition) is 1. The van der Waals surface area contributed by atoms with Crippen molar-refractivity contribution in [3.05, 3.63) is 11.7 Å². The largest absolute Gasteiger partial charge is 0.339 e. The quantitative estimate of drug-likeness (QED) is 0.677. The summed E-state index contributed by atoms with van der Waals surface area (Å²) in [6, 6.07) is 0.213. The Morgan fingerprint density at radius 3 is 2.83 bits per heavy atom. The molecular formula is C8H13N3O. The minimum absolute atomic E-state index is 0.213. The molecule has 0 aliphatic heterocycles. The molecule has 0 saturated heterocycles. The van der Waals surface area contributed by atoms with E-state index in [1.807, 2.05) is 6.92 Å². The lowest BCUT2D eigenvalue weighted by Crippen LogP contribution is -2.22. The average Bonchev–Trinajstić information content (AvgIpc) is 2.58. The molecule has 0 radical (unpaired) electrons. The van der Waals surface area contributed by atoms with Gasteiger partial charge in [0.1, 0.15) is 0 Å². The monoisotopic (exact) mass is 167 g/mol. The van der Waals surface area contributed by atoms with Crippen LogP contribution < -0.4 is 5.73 Å². The van der Waals surface area contributed by atoms with Crippen molar-refractivity contribution in [1.29, 1.82) is 0 Å². The first-order valence-corrected chi connectivity index (χ1v) is 4.33. The van der Waals surface area contributed by atoms with Crippen LogP contribution in [-0.4, -0.2) is 16.2 Å². The number of rotatable bonds is 1. The maximum Gasteiger partial charge on any atom is 0.231 e. The van der Waals surface area contributed by atoms with Crippen molar-refractivity contribution in [3.8, 4) is 0 Å². The highest BCUT2D eigenvalue weighted by atomic mass is 16.5. The molecule has 1 aliphatic rings. The first-order chi connectivity index (χ1) is 5.77. The third-order valence-corrected chi connectivity index (χ3v) is 2.43. The third-order valence-electron chi connectivity index (χ3n) is 2.43. The predicted molar refractivity (Wildman–Crippen MR) is 43.6 cm³/mol. The summed E-state index contributed by atoms with van der Waals surface area (Å²) in [7, 11) is 0. The molecule has 2 rings (SSSR count). The normalized spacial score (nSPS) is 29.5. The maximum atomic E-state index is 5.89. The Morgan fingerprint density at radius 1 is 1.50 bits per heavy atom. The van der Waals surface area contributed by atoms with Crippen LogP contribution in [0, 0.1) is 6.92 Å². The van der Waals surface area contributed by atoms with E-state index in [4.69, 9.17) is 10.3 Å². The summed E-state index contributed by atoms with van der Waals surface area (Å²) in [6.07, 6.45) is 3.34. The number of nitrogens with zero attached hydrogens (tertiary/aromatic N) is 2. The molecule has 1 fully saturated rings. The van der Waals surface area contributed by atoms with Crippen molar-refractivity contribution in [3.63, 3.8) is 0 Å². The highest BCUT2D eigenvalue weighted by molar-refractivity contribution is 5.01. The van der Waals surface area contributed by atoms with Crippen molar-refractivity contribution < 1.29 is 4.52 Å². The molecule has 1 aromatic rings. The molecule has 4 nitrogen and oxygen atoms in total. The Balaban J connectivity index is 2.19. The fourth-order valence-corrected chi connectivity index (χ4v) is 1.76. The Bertz CT molecular complexity index is 271. The van der Waals surface area contributed by atoms with Crippen LogP contribution >= 0.6 is 0 Å². The first kappa shape index (κ1) is 7.73. The van der Waals surface area contributed by atoms with Crippen molar-refractivity contribution in [2.45, 2.75) is 38.1 Å². The van der Waals surface area contributed by atoms with E-state index < -0.39 is 0 Å². The fourth-order valence-electron chi connectivity index (χ4n) is 1.76. The molecule has 4 heteroatoms. The number of hydrogen-bond acceptors (Lipinski definition) is 4. The second kappa shape index (κ2) is 2.86. The highest BCUT2D eigenvalue weighted by Gasteiger charge is 2.29. The van der Waals surface area contributed by atoms with E-state index in [0.29, 0.717) is 11.7 Å². The summed E-state index contributed by atoms with van der Waals surface area (Å²) in [5, 5.41) is 3.75. The van der Waals surface area contributed by atoms with Gasteiger partial charge < -0.3 is 10.3 Å². The van der Waals surface area contributed by atoms with Crippen LogP contribution in [-0.2, 0) is 0 Å². The maximum absolute atomic E-state index is 5.89. The SMILES string of the molecule is Cc1noc([C@H]2CCC[C@H]2N)n1. The molecule has 0 unspecified atom stereocenters. The molecule has 1 aliphatic carbocycles. The zero-order chi connectivity index (χ0) is 8.55. The molecular weight excluding hydrogens is 154 g/mol. The summed E-state index contributed by atoms with van der Waals surface area (Å²) < 4.78 is 5.08. The summed E-state index contributed by atoms with van der Waals surface area (Å²) in [4.78, 5) is 4.19. The molecule has 2 N–H and O–H groups in total. The van der Waals surface area contributed by atoms with Crippen LogP contribution in [0.25, 0.3) is 0 Å². The van der Waals surface area contributed by atoms with Crippen LogP contribution in [0.5, 0.6) is 0 Å². The second-order valence-corrected chi connectivity index (χ2v) is 3.38. The van der Waals surface area contributed by atoms with Gasteiger partial charge >= 0.3 is 0 Å². The molecule has 0 amide bonds. The molecule has 0 spiro atoms. The zero-order valence-electron chi connectivity index (χ0n) is 7.16. The Labute approximate surface area is 71.1 Å². The van der Waals surface area contributed by atoms with Gasteiger partial charge in [-0.15, -0.1) is 0 Å². The lowest BCUT2D eigenvalue weighted by atomic mass is 10.1. The van der Waals surface area contributed by atoms with Crippen LogP contribution in [0.1, 0.15) is 36.9 Å². The Morgan fingerprint density at radius 2 is 2.33 bits per heavy atom. The van der Waals surface area contributed by atoms with E-state index in [1.54, 1.807) is 0 Å². The van der Waals surface area contributed by atoms with E-state index >= 15 is 0 Å². The molecule has 2 atom stereocenters. The van der Waals surface area contributed by atoms with Gasteiger partial charge in [-0.25, -0.2) is 0 Å². The molecule has 66 valence electrons. The number of nitrogens with two attached hydrogens (primary N) is 1. The summed E-state index contributed by atoms with van der Waals surface area (Å²) in [6.45, 7) is 1.83. The van der Waals surface area contributed by atoms with Crippen molar-refractivity contribution in [1.82, 2.24) is 10.1 Å². The second-order valence-electron chi connectivity index (χ2n) is 3.38. The minimum Gasteiger partial charge on any atom is -0.339 e. The lowest BCUT2D eigenvalue weighted by molar-refractivity contribution is 0.342. The number of aromatic nitrogens is 2. The van der Waals surface area contributed by atoms with Crippen LogP contribution in [0.3, 0.4) is 0 Å². The summed E-state index contributed by atoms with van der Waals surface area (Å²) in [5.41, 5.74) is 5.89. The van der Waals surface area contributed by atoms with Gasteiger partial charge in [0.15, 0.2) is 5.82 Å². The van der Waals surface area contributed by atoms with Gasteiger partial charge in [-0.2, -0.15) is 4.98 Å². The van der Waals surface area contributed by atoms with E-state index in [9.17, 15) is 0 Å². The highest BCUT2D eigenvalue weighted by Crippen LogP contribution is 2.31. The summed E-state index contributed by atoms with van der Waals surface area (Å²) in [5.74, 6) is 1.72. The van der Waals surface area contributed by atoms with Crippen LogP contribution in [0.15, 0.2) is 4.52 Å². The van der Waals surface area contributed by atoms with E-state index in [2.05, 4.69) is 10.1 Å². The van der Waals surface area contributed by atoms with E-state index in [1.165, 1.54) is 6.42 Å². The van der Waals surface area contributed by atoms with Crippen molar-refractivity contribution >= 4 is 0 Å². The standard InChI is InChI=1S/C8H13N3O/c1-5-10-8(12-11-5)6-3-2-4-7(6)9/h6-7H,2-4,9H2,1H3/t6-,7+/m0/s1. The van der Waals surface area contributed by atoms with Gasteiger partial charge in [-0.1, -0.05) is 11.6 Å².